The normalized spacial score (nSPS) is 13.5. The minimum Gasteiger partial charge on any atom is -0.395 e. The van der Waals surface area contributed by atoms with Crippen molar-refractivity contribution in [3.05, 3.63) is 166 Å². The van der Waals surface area contributed by atoms with E-state index in [2.05, 4.69) is 0 Å². The third-order valence-electron chi connectivity index (χ3n) is 8.77. The van der Waals surface area contributed by atoms with Crippen LogP contribution in [-0.2, 0) is 15.9 Å². The van der Waals surface area contributed by atoms with Gasteiger partial charge in [-0.2, -0.15) is 0 Å². The van der Waals surface area contributed by atoms with Crippen molar-refractivity contribution in [2.24, 2.45) is 0 Å². The van der Waals surface area contributed by atoms with Gasteiger partial charge in [0.15, 0.2) is 23.1 Å². The molecule has 0 saturated carbocycles. The first-order chi connectivity index (χ1) is 24.4. The number of rotatable bonds is 5. The van der Waals surface area contributed by atoms with Crippen molar-refractivity contribution in [3.8, 4) is 11.5 Å². The molecule has 0 radical (unpaired) electrons. The van der Waals surface area contributed by atoms with Crippen LogP contribution in [-0.4, -0.2) is 23.9 Å². The van der Waals surface area contributed by atoms with E-state index < -0.39 is 23.9 Å². The maximum absolute atomic E-state index is 14.3. The average molecular weight is 659 g/mol. The van der Waals surface area contributed by atoms with Crippen molar-refractivity contribution >= 4 is 56.9 Å². The fourth-order valence-corrected chi connectivity index (χ4v) is 6.35. The molecule has 0 spiro atoms. The number of ketones is 2. The molecule has 0 amide bonds. The third-order valence-corrected chi connectivity index (χ3v) is 8.77. The average Bonchev–Trinajstić information content (AvgIpc) is 3.14. The van der Waals surface area contributed by atoms with Crippen LogP contribution in [0.2, 0.25) is 0 Å². The SMILES string of the molecule is CCc1ccc2c(c1)C(OC(=O)Oc1ccc3ccccc3c1)=C1C(=O)c3ccccc3C(OC(=O)Oc3ccc4ccccc4c3)=C1C2=O. The topological polar surface area (TPSA) is 105 Å². The number of carbonyl (C=O) groups excluding carboxylic acids is 4. The molecule has 8 rings (SSSR count). The van der Waals surface area contributed by atoms with Gasteiger partial charge in [-0.15, -0.1) is 0 Å². The lowest BCUT2D eigenvalue weighted by Gasteiger charge is -2.29. The lowest BCUT2D eigenvalue weighted by Crippen LogP contribution is -2.29. The van der Waals surface area contributed by atoms with E-state index in [1.807, 2.05) is 67.6 Å². The van der Waals surface area contributed by atoms with Crippen molar-refractivity contribution in [1.29, 1.82) is 0 Å². The first-order valence-electron chi connectivity index (χ1n) is 16.0. The molecule has 2 aliphatic carbocycles. The Labute approximate surface area is 285 Å². The Kier molecular flexibility index (Phi) is 7.53. The van der Waals surface area contributed by atoms with E-state index in [1.54, 1.807) is 66.7 Å². The summed E-state index contributed by atoms with van der Waals surface area (Å²) in [6.45, 7) is 1.94. The highest BCUT2D eigenvalue weighted by molar-refractivity contribution is 6.34. The van der Waals surface area contributed by atoms with Gasteiger partial charge in [-0.3, -0.25) is 9.59 Å². The van der Waals surface area contributed by atoms with E-state index in [4.69, 9.17) is 18.9 Å². The van der Waals surface area contributed by atoms with Crippen molar-refractivity contribution in [1.82, 2.24) is 0 Å². The van der Waals surface area contributed by atoms with Gasteiger partial charge in [-0.05, 0) is 63.9 Å². The van der Waals surface area contributed by atoms with Crippen molar-refractivity contribution in [2.45, 2.75) is 13.3 Å². The second-order valence-electron chi connectivity index (χ2n) is 11.8. The first kappa shape index (κ1) is 30.5. The lowest BCUT2D eigenvalue weighted by atomic mass is 9.76. The summed E-state index contributed by atoms with van der Waals surface area (Å²) in [5, 5.41) is 3.61. The highest BCUT2D eigenvalue weighted by Gasteiger charge is 2.43. The highest BCUT2D eigenvalue weighted by Crippen LogP contribution is 2.45. The zero-order valence-corrected chi connectivity index (χ0v) is 26.6. The van der Waals surface area contributed by atoms with E-state index in [-0.39, 0.29) is 56.4 Å². The number of Topliss-reactive ketones (excluding diaryl/α,β-unsaturated/α-hetero) is 2. The minimum absolute atomic E-state index is 0.145. The number of hydrogen-bond donors (Lipinski definition) is 0. The standard InChI is InChI=1S/C42H26O8/c1-2-24-15-20-32-34(21-24)40(50-42(46)48-30-19-17-26-10-4-6-12-28(26)23-30)36-35(38(32)44)39(33-14-8-7-13-31(33)37(36)43)49-41(45)47-29-18-16-25-9-3-5-11-27(25)22-29/h3-23H,2H2,1H3. The molecule has 0 unspecified atom stereocenters. The summed E-state index contributed by atoms with van der Waals surface area (Å²) in [5.74, 6) is -1.09. The predicted molar refractivity (Wildman–Crippen MR) is 187 cm³/mol. The molecule has 0 saturated heterocycles. The van der Waals surface area contributed by atoms with Gasteiger partial charge in [-0.1, -0.05) is 104 Å². The van der Waals surface area contributed by atoms with E-state index in [1.165, 1.54) is 0 Å². The number of aryl methyl sites for hydroxylation is 1. The zero-order valence-electron chi connectivity index (χ0n) is 26.6. The Morgan fingerprint density at radius 3 is 1.46 bits per heavy atom. The summed E-state index contributed by atoms with van der Waals surface area (Å²) in [6.07, 6.45) is -1.63. The van der Waals surface area contributed by atoms with Crippen LogP contribution in [0.5, 0.6) is 11.5 Å². The molecular weight excluding hydrogens is 632 g/mol. The summed E-state index contributed by atoms with van der Waals surface area (Å²) < 4.78 is 22.8. The van der Waals surface area contributed by atoms with Gasteiger partial charge in [0.2, 0.25) is 0 Å². The van der Waals surface area contributed by atoms with E-state index in [0.29, 0.717) is 6.42 Å². The van der Waals surface area contributed by atoms with Crippen LogP contribution in [0.3, 0.4) is 0 Å². The van der Waals surface area contributed by atoms with Crippen LogP contribution in [0, 0.1) is 0 Å². The van der Waals surface area contributed by atoms with Crippen molar-refractivity contribution < 1.29 is 38.1 Å². The van der Waals surface area contributed by atoms with E-state index in [0.717, 1.165) is 27.1 Å². The third kappa shape index (κ3) is 5.38. The summed E-state index contributed by atoms with van der Waals surface area (Å²) in [7, 11) is 0. The Balaban J connectivity index is 1.23. The molecule has 8 heteroatoms. The van der Waals surface area contributed by atoms with Gasteiger partial charge in [0.25, 0.3) is 0 Å². The van der Waals surface area contributed by atoms with Gasteiger partial charge in [0, 0.05) is 22.3 Å². The predicted octanol–water partition coefficient (Wildman–Crippen LogP) is 9.50. The number of allylic oxidation sites excluding steroid dienone is 2. The molecular formula is C42H26O8. The largest absolute Gasteiger partial charge is 0.519 e. The minimum atomic E-state index is -1.12. The second-order valence-corrected chi connectivity index (χ2v) is 11.8. The van der Waals surface area contributed by atoms with Crippen molar-refractivity contribution in [3.63, 3.8) is 0 Å². The van der Waals surface area contributed by atoms with Crippen LogP contribution in [0.15, 0.2) is 139 Å². The maximum Gasteiger partial charge on any atom is 0.519 e. The van der Waals surface area contributed by atoms with Gasteiger partial charge in [0.1, 0.15) is 11.5 Å². The van der Waals surface area contributed by atoms with Crippen LogP contribution >= 0.6 is 0 Å². The molecule has 8 nitrogen and oxygen atoms in total. The molecule has 242 valence electrons. The van der Waals surface area contributed by atoms with Gasteiger partial charge in [-0.25, -0.2) is 9.59 Å². The Bertz CT molecular complexity index is 2500. The number of benzene rings is 6. The van der Waals surface area contributed by atoms with Crippen LogP contribution in [0.4, 0.5) is 9.59 Å². The number of fused-ring (bicyclic) bond motifs is 5. The second kappa shape index (κ2) is 12.3. The maximum atomic E-state index is 14.3. The summed E-state index contributed by atoms with van der Waals surface area (Å²) in [6, 6.07) is 37.0. The number of hydrogen-bond acceptors (Lipinski definition) is 8. The molecule has 50 heavy (non-hydrogen) atoms. The molecule has 0 atom stereocenters. The molecule has 0 bridgehead atoms. The molecule has 0 heterocycles. The first-order valence-corrected chi connectivity index (χ1v) is 16.0. The highest BCUT2D eigenvalue weighted by atomic mass is 16.7. The lowest BCUT2D eigenvalue weighted by molar-refractivity contribution is 0.0979. The molecule has 2 aliphatic rings. The fourth-order valence-electron chi connectivity index (χ4n) is 6.35. The van der Waals surface area contributed by atoms with E-state index in [9.17, 15) is 19.2 Å². The van der Waals surface area contributed by atoms with Gasteiger partial charge >= 0.3 is 12.3 Å². The molecule has 6 aromatic carbocycles. The van der Waals surface area contributed by atoms with Crippen LogP contribution in [0.1, 0.15) is 44.3 Å². The molecule has 0 fully saturated rings. The Hall–Kier alpha value is -6.80. The van der Waals surface area contributed by atoms with Gasteiger partial charge < -0.3 is 18.9 Å². The van der Waals surface area contributed by atoms with Crippen LogP contribution in [0.25, 0.3) is 33.1 Å². The van der Waals surface area contributed by atoms with Gasteiger partial charge in [0.05, 0.1) is 11.1 Å². The smallest absolute Gasteiger partial charge is 0.395 e. The monoisotopic (exact) mass is 658 g/mol. The summed E-state index contributed by atoms with van der Waals surface area (Å²) in [4.78, 5) is 55.4. The number of ether oxygens (including phenoxy) is 4. The molecule has 0 aliphatic heterocycles. The molecule has 0 aromatic heterocycles. The Morgan fingerprint density at radius 1 is 0.460 bits per heavy atom. The van der Waals surface area contributed by atoms with Crippen LogP contribution < -0.4 is 9.47 Å². The van der Waals surface area contributed by atoms with Crippen molar-refractivity contribution in [2.75, 3.05) is 0 Å². The quantitative estimate of drug-likeness (QED) is 0.133. The zero-order chi connectivity index (χ0) is 34.4. The summed E-state index contributed by atoms with van der Waals surface area (Å²) >= 11 is 0. The Morgan fingerprint density at radius 2 is 0.920 bits per heavy atom. The molecule has 6 aromatic rings. The summed E-state index contributed by atoms with van der Waals surface area (Å²) in [5.41, 5.74) is 1.15. The van der Waals surface area contributed by atoms with E-state index >= 15 is 0 Å². The fraction of sp³-hybridized carbons (Fsp3) is 0.0476. The number of carbonyl (C=O) groups is 4. The molecule has 0 N–H and O–H groups in total.